The molecule has 1 saturated carbocycles. The number of aromatic nitrogens is 5. The van der Waals surface area contributed by atoms with Crippen LogP contribution in [-0.4, -0.2) is 66.3 Å². The largest absolute Gasteiger partial charge is 0.494 e. The van der Waals surface area contributed by atoms with E-state index in [0.717, 1.165) is 12.8 Å². The summed E-state index contributed by atoms with van der Waals surface area (Å²) in [7, 11) is 0.617. The molecule has 1 fully saturated rings. The molecule has 2 atom stereocenters. The average Bonchev–Trinajstić information content (AvgIpc) is 3.64. The van der Waals surface area contributed by atoms with Crippen LogP contribution in [0.4, 0.5) is 0 Å². The van der Waals surface area contributed by atoms with Crippen LogP contribution < -0.4 is 9.47 Å². The van der Waals surface area contributed by atoms with E-state index in [1.54, 1.807) is 29.7 Å². The fourth-order valence-electron chi connectivity index (χ4n) is 3.93. The lowest BCUT2D eigenvalue weighted by atomic mass is 10.2. The minimum Gasteiger partial charge on any atom is -0.494 e. The number of rotatable bonds is 13. The summed E-state index contributed by atoms with van der Waals surface area (Å²) in [5, 5.41) is 7.86. The second-order valence-electron chi connectivity index (χ2n) is 8.77. The van der Waals surface area contributed by atoms with Crippen LogP contribution in [0.3, 0.4) is 0 Å². The molecule has 4 rings (SSSR count). The zero-order valence-electron chi connectivity index (χ0n) is 21.1. The molecule has 0 aliphatic heterocycles. The molecule has 1 aromatic carbocycles. The van der Waals surface area contributed by atoms with Gasteiger partial charge in [0.25, 0.3) is 0 Å². The van der Waals surface area contributed by atoms with Crippen LogP contribution in [-0.2, 0) is 31.7 Å². The lowest BCUT2D eigenvalue weighted by Crippen LogP contribution is -2.30. The van der Waals surface area contributed by atoms with Crippen LogP contribution in [0.15, 0.2) is 30.6 Å². The number of sulfone groups is 1. The molecule has 200 valence electrons. The van der Waals surface area contributed by atoms with Gasteiger partial charge >= 0.3 is 0 Å². The minimum atomic E-state index is -3.85. The van der Waals surface area contributed by atoms with Gasteiger partial charge in [0.05, 0.1) is 24.5 Å². The standard InChI is InChI=1S/C24H30ClN5O6S/c1-15(23(35-4)24-26-10-17(25)11-27-24)37(31,32)14-21-29-28-20(13-36-12-16-8-9-16)30(21)22-18(33-2)6-5-7-19(22)34-3/h5-7,10-11,15-16,23H,8-9,12-14H2,1-4H3/t15-,23-/m0/s1. The van der Waals surface area contributed by atoms with Gasteiger partial charge in [-0.3, -0.25) is 4.57 Å². The Morgan fingerprint density at radius 1 is 1.05 bits per heavy atom. The molecule has 0 saturated heterocycles. The summed E-state index contributed by atoms with van der Waals surface area (Å²) < 4.78 is 51.4. The third-order valence-corrected chi connectivity index (χ3v) is 8.41. The summed E-state index contributed by atoms with van der Waals surface area (Å²) >= 11 is 5.89. The highest BCUT2D eigenvalue weighted by molar-refractivity contribution is 7.91. The fourth-order valence-corrected chi connectivity index (χ4v) is 5.44. The first-order chi connectivity index (χ1) is 17.8. The zero-order chi connectivity index (χ0) is 26.6. The second kappa shape index (κ2) is 11.7. The molecular formula is C24H30ClN5O6S. The molecule has 0 amide bonds. The molecule has 2 aromatic heterocycles. The quantitative estimate of drug-likeness (QED) is 0.312. The highest BCUT2D eigenvalue weighted by atomic mass is 35.5. The molecule has 1 aliphatic rings. The van der Waals surface area contributed by atoms with E-state index in [2.05, 4.69) is 20.2 Å². The van der Waals surface area contributed by atoms with Gasteiger partial charge in [-0.25, -0.2) is 18.4 Å². The van der Waals surface area contributed by atoms with Crippen LogP contribution in [0, 0.1) is 5.92 Å². The Labute approximate surface area is 221 Å². The molecule has 2 heterocycles. The van der Waals surface area contributed by atoms with Crippen molar-refractivity contribution in [2.24, 2.45) is 5.92 Å². The topological polar surface area (TPSA) is 128 Å². The van der Waals surface area contributed by atoms with E-state index in [9.17, 15) is 8.42 Å². The highest BCUT2D eigenvalue weighted by Crippen LogP contribution is 2.35. The second-order valence-corrected chi connectivity index (χ2v) is 11.6. The average molecular weight is 552 g/mol. The van der Waals surface area contributed by atoms with Crippen molar-refractivity contribution in [1.29, 1.82) is 0 Å². The van der Waals surface area contributed by atoms with Gasteiger partial charge in [-0.15, -0.1) is 10.2 Å². The SMILES string of the molecule is COc1cccc(OC)c1-n1c(COCC2CC2)nnc1CS(=O)(=O)[C@@H](C)[C@H](OC)c1ncc(Cl)cn1. The molecule has 0 bridgehead atoms. The number of methoxy groups -OCH3 is 3. The Hall–Kier alpha value is -2.80. The van der Waals surface area contributed by atoms with Crippen molar-refractivity contribution in [3.05, 3.63) is 53.1 Å². The van der Waals surface area contributed by atoms with Crippen LogP contribution >= 0.6 is 11.6 Å². The maximum Gasteiger partial charge on any atom is 0.163 e. The molecule has 0 radical (unpaired) electrons. The van der Waals surface area contributed by atoms with Crippen molar-refractivity contribution < 1.29 is 27.4 Å². The minimum absolute atomic E-state index is 0.152. The molecule has 11 nitrogen and oxygen atoms in total. The molecular weight excluding hydrogens is 522 g/mol. The summed E-state index contributed by atoms with van der Waals surface area (Å²) in [6, 6.07) is 5.29. The number of hydrogen-bond donors (Lipinski definition) is 0. The highest BCUT2D eigenvalue weighted by Gasteiger charge is 2.35. The third-order valence-electron chi connectivity index (χ3n) is 6.18. The zero-order valence-corrected chi connectivity index (χ0v) is 22.7. The number of para-hydroxylation sites is 1. The van der Waals surface area contributed by atoms with Crippen LogP contribution in [0.2, 0.25) is 5.02 Å². The van der Waals surface area contributed by atoms with Gasteiger partial charge in [0.15, 0.2) is 27.3 Å². The van der Waals surface area contributed by atoms with E-state index in [1.807, 2.05) is 0 Å². The van der Waals surface area contributed by atoms with Crippen LogP contribution in [0.5, 0.6) is 11.5 Å². The van der Waals surface area contributed by atoms with Gasteiger partial charge in [-0.1, -0.05) is 17.7 Å². The first kappa shape index (κ1) is 27.2. The van der Waals surface area contributed by atoms with Gasteiger partial charge in [-0.2, -0.15) is 0 Å². The van der Waals surface area contributed by atoms with E-state index in [4.69, 9.17) is 30.5 Å². The van der Waals surface area contributed by atoms with Crippen molar-refractivity contribution in [2.45, 2.75) is 43.5 Å². The smallest absolute Gasteiger partial charge is 0.163 e. The number of halogens is 1. The fraction of sp³-hybridized carbons (Fsp3) is 0.500. The summed E-state index contributed by atoms with van der Waals surface area (Å²) in [6.45, 7) is 2.31. The van der Waals surface area contributed by atoms with E-state index in [0.29, 0.717) is 40.6 Å². The molecule has 37 heavy (non-hydrogen) atoms. The van der Waals surface area contributed by atoms with E-state index in [-0.39, 0.29) is 18.3 Å². The number of hydrogen-bond acceptors (Lipinski definition) is 10. The van der Waals surface area contributed by atoms with Crippen molar-refractivity contribution in [3.63, 3.8) is 0 Å². The lowest BCUT2D eigenvalue weighted by molar-refractivity contribution is 0.0948. The monoisotopic (exact) mass is 551 g/mol. The van der Waals surface area contributed by atoms with Crippen LogP contribution in [0.1, 0.15) is 43.3 Å². The molecule has 1 aliphatic carbocycles. The summed E-state index contributed by atoms with van der Waals surface area (Å²) in [4.78, 5) is 8.29. The lowest BCUT2D eigenvalue weighted by Gasteiger charge is -2.22. The van der Waals surface area contributed by atoms with Gasteiger partial charge in [0.2, 0.25) is 0 Å². The van der Waals surface area contributed by atoms with Gasteiger partial charge in [0, 0.05) is 26.1 Å². The van der Waals surface area contributed by atoms with Crippen molar-refractivity contribution >= 4 is 21.4 Å². The van der Waals surface area contributed by atoms with Gasteiger partial charge < -0.3 is 18.9 Å². The van der Waals surface area contributed by atoms with E-state index >= 15 is 0 Å². The number of ether oxygens (including phenoxy) is 4. The molecule has 0 unspecified atom stereocenters. The van der Waals surface area contributed by atoms with Gasteiger partial charge in [0.1, 0.15) is 35.7 Å². The molecule has 13 heteroatoms. The molecule has 3 aromatic rings. The van der Waals surface area contributed by atoms with Crippen molar-refractivity contribution in [2.75, 3.05) is 27.9 Å². The number of nitrogens with zero attached hydrogens (tertiary/aromatic N) is 5. The van der Waals surface area contributed by atoms with Crippen molar-refractivity contribution in [1.82, 2.24) is 24.7 Å². The Morgan fingerprint density at radius 3 is 2.24 bits per heavy atom. The van der Waals surface area contributed by atoms with E-state index in [1.165, 1.54) is 33.7 Å². The Balaban J connectivity index is 1.70. The Morgan fingerprint density at radius 2 is 1.68 bits per heavy atom. The number of benzene rings is 1. The predicted octanol–water partition coefficient (Wildman–Crippen LogP) is 3.35. The predicted molar refractivity (Wildman–Crippen MR) is 136 cm³/mol. The summed E-state index contributed by atoms with van der Waals surface area (Å²) in [6.07, 6.45) is 4.17. The van der Waals surface area contributed by atoms with Gasteiger partial charge in [-0.05, 0) is 37.8 Å². The normalized spacial score (nSPS) is 15.4. The Kier molecular flexibility index (Phi) is 8.63. The molecule has 0 N–H and O–H groups in total. The first-order valence-corrected chi connectivity index (χ1v) is 13.8. The summed E-state index contributed by atoms with van der Waals surface area (Å²) in [5.41, 5.74) is 0.490. The van der Waals surface area contributed by atoms with E-state index < -0.39 is 26.9 Å². The first-order valence-electron chi connectivity index (χ1n) is 11.7. The summed E-state index contributed by atoms with van der Waals surface area (Å²) in [5.74, 6) is 1.90. The van der Waals surface area contributed by atoms with Crippen molar-refractivity contribution in [3.8, 4) is 17.2 Å². The molecule has 0 spiro atoms. The maximum absolute atomic E-state index is 13.6. The van der Waals surface area contributed by atoms with Crippen LogP contribution in [0.25, 0.3) is 5.69 Å². The third kappa shape index (κ3) is 6.20. The Bertz CT molecular complexity index is 1290. The maximum atomic E-state index is 13.6.